The molecule has 0 bridgehead atoms. The average molecular weight is 424 g/mol. The maximum Gasteiger partial charge on any atom is 0.322 e. The van der Waals surface area contributed by atoms with E-state index in [1.165, 1.54) is 25.3 Å². The van der Waals surface area contributed by atoms with Gasteiger partial charge in [0.1, 0.15) is 12.3 Å². The number of benzene rings is 2. The van der Waals surface area contributed by atoms with Crippen molar-refractivity contribution in [3.8, 4) is 5.75 Å². The molecule has 0 spiro atoms. The molecule has 146 valence electrons. The Kier molecular flexibility index (Phi) is 7.48. The van der Waals surface area contributed by atoms with Crippen LogP contribution in [0.15, 0.2) is 52.7 Å². The minimum Gasteiger partial charge on any atom is -0.497 e. The quantitative estimate of drug-likeness (QED) is 0.291. The molecule has 10 heteroatoms. The number of hydrogen-bond acceptors (Lipinski definition) is 6. The molecule has 1 amide bonds. The van der Waals surface area contributed by atoms with Crippen molar-refractivity contribution in [2.24, 2.45) is 10.2 Å². The number of carbonyl (C=O) groups excluding carboxylic acids is 2. The molecule has 8 nitrogen and oxygen atoms in total. The SMILES string of the molecule is COc1ccc(C(=O)c2cc(Cl)ccc2/N=N/C(Cl)C(=O)NCC(=O)O)cc1. The van der Waals surface area contributed by atoms with Crippen molar-refractivity contribution in [2.75, 3.05) is 13.7 Å². The molecule has 0 aliphatic carbocycles. The predicted octanol–water partition coefficient (Wildman–Crippen LogP) is 3.43. The van der Waals surface area contributed by atoms with Gasteiger partial charge in [0, 0.05) is 10.6 Å². The van der Waals surface area contributed by atoms with E-state index in [9.17, 15) is 14.4 Å². The third-order valence-electron chi connectivity index (χ3n) is 3.45. The topological polar surface area (TPSA) is 117 Å². The number of rotatable bonds is 8. The highest BCUT2D eigenvalue weighted by Gasteiger charge is 2.17. The number of aliphatic carboxylic acids is 1. The van der Waals surface area contributed by atoms with Gasteiger partial charge in [0.2, 0.25) is 5.50 Å². The van der Waals surface area contributed by atoms with Crippen molar-refractivity contribution in [3.05, 3.63) is 58.6 Å². The summed E-state index contributed by atoms with van der Waals surface area (Å²) in [6.07, 6.45) is 0. The molecular formula is C18H15Cl2N3O5. The van der Waals surface area contributed by atoms with E-state index in [4.69, 9.17) is 33.0 Å². The summed E-state index contributed by atoms with van der Waals surface area (Å²) in [4.78, 5) is 34.9. The van der Waals surface area contributed by atoms with Gasteiger partial charge in [-0.2, -0.15) is 10.2 Å². The normalized spacial score (nSPS) is 11.8. The second-order valence-electron chi connectivity index (χ2n) is 5.38. The Labute approximate surface area is 170 Å². The van der Waals surface area contributed by atoms with Crippen LogP contribution in [0.1, 0.15) is 15.9 Å². The molecule has 2 rings (SSSR count). The van der Waals surface area contributed by atoms with Crippen LogP contribution in [0, 0.1) is 0 Å². The largest absolute Gasteiger partial charge is 0.497 e. The van der Waals surface area contributed by atoms with Crippen LogP contribution in [0.2, 0.25) is 5.02 Å². The van der Waals surface area contributed by atoms with Crippen LogP contribution in [-0.2, 0) is 9.59 Å². The van der Waals surface area contributed by atoms with E-state index in [1.807, 2.05) is 0 Å². The summed E-state index contributed by atoms with van der Waals surface area (Å²) in [6.45, 7) is -0.597. The number of azo groups is 1. The fraction of sp³-hybridized carbons (Fsp3) is 0.167. The summed E-state index contributed by atoms with van der Waals surface area (Å²) in [7, 11) is 1.52. The van der Waals surface area contributed by atoms with Gasteiger partial charge in [-0.1, -0.05) is 23.2 Å². The molecule has 0 fully saturated rings. The monoisotopic (exact) mass is 423 g/mol. The van der Waals surface area contributed by atoms with E-state index in [2.05, 4.69) is 15.5 Å². The molecule has 0 saturated carbocycles. The van der Waals surface area contributed by atoms with Gasteiger partial charge < -0.3 is 15.2 Å². The second kappa shape index (κ2) is 9.82. The first-order chi connectivity index (χ1) is 13.3. The van der Waals surface area contributed by atoms with Crippen LogP contribution < -0.4 is 10.1 Å². The first-order valence-corrected chi connectivity index (χ1v) is 8.66. The standard InChI is InChI=1S/C18H15Cl2N3O5/c1-28-12-5-2-10(3-6-12)16(26)13-8-11(19)4-7-14(13)22-23-17(20)18(27)21-9-15(24)25/h2-8,17H,9H2,1H3,(H,21,27)(H,24,25)/b23-22+. The van der Waals surface area contributed by atoms with Crippen LogP contribution in [-0.4, -0.2) is 41.9 Å². The number of ether oxygens (including phenoxy) is 1. The molecule has 2 aromatic rings. The fourth-order valence-electron chi connectivity index (χ4n) is 2.09. The smallest absolute Gasteiger partial charge is 0.322 e. The molecule has 0 aliphatic heterocycles. The van der Waals surface area contributed by atoms with Gasteiger partial charge in [-0.15, -0.1) is 0 Å². The maximum absolute atomic E-state index is 12.8. The Bertz CT molecular complexity index is 916. The molecule has 1 unspecified atom stereocenters. The Morgan fingerprint density at radius 2 is 1.86 bits per heavy atom. The third-order valence-corrected chi connectivity index (χ3v) is 3.97. The maximum atomic E-state index is 12.8. The Balaban J connectivity index is 2.24. The number of carboxylic acids is 1. The highest BCUT2D eigenvalue weighted by Crippen LogP contribution is 2.27. The van der Waals surface area contributed by atoms with Crippen molar-refractivity contribution < 1.29 is 24.2 Å². The third kappa shape index (κ3) is 5.77. The molecule has 1 atom stereocenters. The summed E-state index contributed by atoms with van der Waals surface area (Å²) in [5.41, 5.74) is -0.766. The summed E-state index contributed by atoms with van der Waals surface area (Å²) in [6, 6.07) is 10.9. The molecule has 2 N–H and O–H groups in total. The van der Waals surface area contributed by atoms with Gasteiger partial charge in [-0.3, -0.25) is 14.4 Å². The number of halogens is 2. The zero-order valence-electron chi connectivity index (χ0n) is 14.6. The number of methoxy groups -OCH3 is 1. The molecular weight excluding hydrogens is 409 g/mol. The number of nitrogens with one attached hydrogen (secondary N) is 1. The molecule has 0 aromatic heterocycles. The zero-order valence-corrected chi connectivity index (χ0v) is 16.1. The minimum absolute atomic E-state index is 0.155. The molecule has 28 heavy (non-hydrogen) atoms. The lowest BCUT2D eigenvalue weighted by molar-refractivity contribution is -0.137. The number of alkyl halides is 1. The summed E-state index contributed by atoms with van der Waals surface area (Å²) >= 11 is 11.8. The highest BCUT2D eigenvalue weighted by molar-refractivity contribution is 6.31. The Hall–Kier alpha value is -2.97. The minimum atomic E-state index is -1.46. The fourth-order valence-corrected chi connectivity index (χ4v) is 2.38. The van der Waals surface area contributed by atoms with E-state index in [-0.39, 0.29) is 17.0 Å². The van der Waals surface area contributed by atoms with Crippen molar-refractivity contribution in [2.45, 2.75) is 5.50 Å². The van der Waals surface area contributed by atoms with Crippen LogP contribution >= 0.6 is 23.2 Å². The van der Waals surface area contributed by atoms with Crippen LogP contribution in [0.3, 0.4) is 0 Å². The lowest BCUT2D eigenvalue weighted by Gasteiger charge is -2.07. The molecule has 0 radical (unpaired) electrons. The summed E-state index contributed by atoms with van der Waals surface area (Å²) in [5.74, 6) is -1.82. The van der Waals surface area contributed by atoms with Crippen LogP contribution in [0.5, 0.6) is 5.75 Å². The van der Waals surface area contributed by atoms with E-state index < -0.39 is 23.9 Å². The number of ketones is 1. The van der Waals surface area contributed by atoms with Crippen LogP contribution in [0.4, 0.5) is 5.69 Å². The van der Waals surface area contributed by atoms with E-state index in [1.54, 1.807) is 24.3 Å². The van der Waals surface area contributed by atoms with E-state index in [0.717, 1.165) is 0 Å². The molecule has 0 heterocycles. The van der Waals surface area contributed by atoms with Crippen molar-refractivity contribution in [1.29, 1.82) is 0 Å². The number of hydrogen-bond donors (Lipinski definition) is 2. The average Bonchev–Trinajstić information content (AvgIpc) is 2.70. The van der Waals surface area contributed by atoms with Crippen molar-refractivity contribution in [3.63, 3.8) is 0 Å². The molecule has 0 aliphatic rings. The van der Waals surface area contributed by atoms with E-state index in [0.29, 0.717) is 16.3 Å². The van der Waals surface area contributed by atoms with Gasteiger partial charge in [0.05, 0.1) is 18.4 Å². The highest BCUT2D eigenvalue weighted by atomic mass is 35.5. The second-order valence-corrected chi connectivity index (χ2v) is 6.23. The predicted molar refractivity (Wildman–Crippen MR) is 103 cm³/mol. The zero-order chi connectivity index (χ0) is 20.7. The van der Waals surface area contributed by atoms with Gasteiger partial charge in [-0.05, 0) is 42.5 Å². The molecule has 0 saturated heterocycles. The van der Waals surface area contributed by atoms with Crippen LogP contribution in [0.25, 0.3) is 0 Å². The summed E-state index contributed by atoms with van der Waals surface area (Å²) in [5, 5.41) is 18.4. The number of amides is 1. The number of carboxylic acid groups (broad SMARTS) is 1. The number of carbonyl (C=O) groups is 3. The lowest BCUT2D eigenvalue weighted by Crippen LogP contribution is -2.34. The number of nitrogens with zero attached hydrogens (tertiary/aromatic N) is 2. The van der Waals surface area contributed by atoms with Gasteiger partial charge >= 0.3 is 5.97 Å². The first-order valence-electron chi connectivity index (χ1n) is 7.84. The molecule has 2 aromatic carbocycles. The van der Waals surface area contributed by atoms with Gasteiger partial charge in [0.25, 0.3) is 5.91 Å². The summed E-state index contributed by atoms with van der Waals surface area (Å²) < 4.78 is 5.06. The Morgan fingerprint density at radius 1 is 1.18 bits per heavy atom. The van der Waals surface area contributed by atoms with Gasteiger partial charge in [-0.25, -0.2) is 0 Å². The van der Waals surface area contributed by atoms with Gasteiger partial charge in [0.15, 0.2) is 5.78 Å². The Morgan fingerprint density at radius 3 is 2.46 bits per heavy atom. The van der Waals surface area contributed by atoms with E-state index >= 15 is 0 Å². The van der Waals surface area contributed by atoms with Crippen molar-refractivity contribution >= 4 is 46.5 Å². The lowest BCUT2D eigenvalue weighted by atomic mass is 10.0. The van der Waals surface area contributed by atoms with Crippen molar-refractivity contribution in [1.82, 2.24) is 5.32 Å². The first kappa shape index (κ1) is 21.3.